The minimum atomic E-state index is -0.178. The van der Waals surface area contributed by atoms with Crippen LogP contribution in [0.1, 0.15) is 5.69 Å². The Morgan fingerprint density at radius 1 is 0.893 bits per heavy atom. The molecule has 146 valence electrons. The molecule has 1 saturated heterocycles. The van der Waals surface area contributed by atoms with E-state index in [1.807, 2.05) is 60.3 Å². The average Bonchev–Trinajstić information content (AvgIpc) is 2.92. The van der Waals surface area contributed by atoms with Crippen molar-refractivity contribution in [1.82, 2.24) is 14.3 Å². The van der Waals surface area contributed by atoms with E-state index in [4.69, 9.17) is 23.2 Å². The molecule has 0 aliphatic carbocycles. The Hall–Kier alpha value is -2.21. The fourth-order valence-electron chi connectivity index (χ4n) is 3.70. The summed E-state index contributed by atoms with van der Waals surface area (Å²) in [4.78, 5) is 17.4. The van der Waals surface area contributed by atoms with E-state index in [0.717, 1.165) is 48.3 Å². The number of benzene rings is 2. The molecule has 0 unspecified atom stereocenters. The maximum Gasteiger partial charge on any atom is 0.290 e. The second-order valence-corrected chi connectivity index (χ2v) is 7.79. The molecule has 1 aromatic heterocycles. The second kappa shape index (κ2) is 8.03. The lowest BCUT2D eigenvalue weighted by molar-refractivity contribution is 0.243. The number of piperazine rings is 1. The van der Waals surface area contributed by atoms with Crippen molar-refractivity contribution in [2.24, 2.45) is 7.05 Å². The summed E-state index contributed by atoms with van der Waals surface area (Å²) in [6.07, 6.45) is 0. The SMILES string of the molecule is Cn1c(CN2CCN(c3cccc(Cl)c3)CC2)c(Cl)c(=O)n1-c1ccccc1. The molecule has 2 aromatic carbocycles. The van der Waals surface area contributed by atoms with E-state index >= 15 is 0 Å². The van der Waals surface area contributed by atoms with Crippen molar-refractivity contribution < 1.29 is 0 Å². The van der Waals surface area contributed by atoms with Gasteiger partial charge in [-0.3, -0.25) is 14.4 Å². The highest BCUT2D eigenvalue weighted by molar-refractivity contribution is 6.31. The Bertz CT molecular complexity index is 1020. The van der Waals surface area contributed by atoms with Crippen LogP contribution in [0.15, 0.2) is 59.4 Å². The third kappa shape index (κ3) is 3.70. The Labute approximate surface area is 174 Å². The van der Waals surface area contributed by atoms with Gasteiger partial charge in [0.1, 0.15) is 5.02 Å². The summed E-state index contributed by atoms with van der Waals surface area (Å²) in [5.74, 6) is 0. The van der Waals surface area contributed by atoms with Gasteiger partial charge in [0.2, 0.25) is 0 Å². The maximum atomic E-state index is 12.7. The number of halogens is 2. The van der Waals surface area contributed by atoms with Crippen molar-refractivity contribution in [1.29, 1.82) is 0 Å². The normalized spacial score (nSPS) is 15.2. The molecule has 0 spiro atoms. The van der Waals surface area contributed by atoms with Gasteiger partial charge in [-0.2, -0.15) is 0 Å². The van der Waals surface area contributed by atoms with Crippen LogP contribution in [-0.2, 0) is 13.6 Å². The summed E-state index contributed by atoms with van der Waals surface area (Å²) in [7, 11) is 1.89. The third-order valence-electron chi connectivity index (χ3n) is 5.24. The predicted molar refractivity (Wildman–Crippen MR) is 115 cm³/mol. The number of nitrogens with zero attached hydrogens (tertiary/aromatic N) is 4. The summed E-state index contributed by atoms with van der Waals surface area (Å²) in [6.45, 7) is 4.26. The van der Waals surface area contributed by atoms with E-state index in [-0.39, 0.29) is 5.56 Å². The Morgan fingerprint density at radius 2 is 1.57 bits per heavy atom. The monoisotopic (exact) mass is 416 g/mol. The number of aromatic nitrogens is 2. The van der Waals surface area contributed by atoms with Crippen LogP contribution in [0.2, 0.25) is 10.0 Å². The molecular weight excluding hydrogens is 395 g/mol. The van der Waals surface area contributed by atoms with Gasteiger partial charge >= 0.3 is 0 Å². The van der Waals surface area contributed by atoms with Crippen LogP contribution in [0.25, 0.3) is 5.69 Å². The zero-order chi connectivity index (χ0) is 19.7. The van der Waals surface area contributed by atoms with Gasteiger partial charge in [-0.25, -0.2) is 4.68 Å². The molecule has 7 heteroatoms. The third-order valence-corrected chi connectivity index (χ3v) is 5.86. The molecule has 28 heavy (non-hydrogen) atoms. The van der Waals surface area contributed by atoms with E-state index in [0.29, 0.717) is 11.6 Å². The van der Waals surface area contributed by atoms with E-state index in [1.165, 1.54) is 0 Å². The van der Waals surface area contributed by atoms with Crippen molar-refractivity contribution >= 4 is 28.9 Å². The molecule has 0 radical (unpaired) electrons. The van der Waals surface area contributed by atoms with Crippen molar-refractivity contribution in [2.75, 3.05) is 31.1 Å². The highest BCUT2D eigenvalue weighted by Crippen LogP contribution is 2.22. The highest BCUT2D eigenvalue weighted by atomic mass is 35.5. The summed E-state index contributed by atoms with van der Waals surface area (Å²) >= 11 is 12.5. The van der Waals surface area contributed by atoms with E-state index in [9.17, 15) is 4.79 Å². The first-order valence-corrected chi connectivity index (χ1v) is 10.0. The van der Waals surface area contributed by atoms with Crippen LogP contribution in [0.4, 0.5) is 5.69 Å². The number of hydrogen-bond donors (Lipinski definition) is 0. The second-order valence-electron chi connectivity index (χ2n) is 6.98. The molecule has 3 aromatic rings. The summed E-state index contributed by atoms with van der Waals surface area (Å²) < 4.78 is 3.49. The van der Waals surface area contributed by atoms with Gasteiger partial charge in [0.15, 0.2) is 0 Å². The smallest absolute Gasteiger partial charge is 0.290 e. The zero-order valence-electron chi connectivity index (χ0n) is 15.7. The average molecular weight is 417 g/mol. The minimum absolute atomic E-state index is 0.178. The first-order chi connectivity index (χ1) is 13.5. The molecule has 0 N–H and O–H groups in total. The van der Waals surface area contributed by atoms with Crippen molar-refractivity contribution in [3.8, 4) is 5.69 Å². The van der Waals surface area contributed by atoms with Crippen molar-refractivity contribution in [2.45, 2.75) is 6.54 Å². The van der Waals surface area contributed by atoms with Gasteiger partial charge in [0.25, 0.3) is 5.56 Å². The molecule has 4 rings (SSSR count). The van der Waals surface area contributed by atoms with Crippen LogP contribution in [0.3, 0.4) is 0 Å². The molecule has 5 nitrogen and oxygen atoms in total. The molecule has 0 saturated carbocycles. The number of para-hydroxylation sites is 1. The number of anilines is 1. The van der Waals surface area contributed by atoms with Crippen LogP contribution in [0, 0.1) is 0 Å². The summed E-state index contributed by atoms with van der Waals surface area (Å²) in [6, 6.07) is 17.5. The molecule has 1 aliphatic heterocycles. The highest BCUT2D eigenvalue weighted by Gasteiger charge is 2.23. The van der Waals surface area contributed by atoms with Gasteiger partial charge in [0, 0.05) is 50.5 Å². The summed E-state index contributed by atoms with van der Waals surface area (Å²) in [5, 5.41) is 1.05. The van der Waals surface area contributed by atoms with Gasteiger partial charge in [-0.05, 0) is 30.3 Å². The van der Waals surface area contributed by atoms with E-state index < -0.39 is 0 Å². The molecule has 1 aliphatic rings. The first-order valence-electron chi connectivity index (χ1n) is 9.29. The fraction of sp³-hybridized carbons (Fsp3) is 0.286. The summed E-state index contributed by atoms with van der Waals surface area (Å²) in [5.41, 5.74) is 2.62. The van der Waals surface area contributed by atoms with E-state index in [1.54, 1.807) is 4.68 Å². The molecule has 2 heterocycles. The molecule has 0 amide bonds. The maximum absolute atomic E-state index is 12.7. The Balaban J connectivity index is 1.50. The predicted octanol–water partition coefficient (Wildman–Crippen LogP) is 3.81. The van der Waals surface area contributed by atoms with Gasteiger partial charge in [0.05, 0.1) is 11.4 Å². The largest absolute Gasteiger partial charge is 0.369 e. The lowest BCUT2D eigenvalue weighted by atomic mass is 10.2. The topological polar surface area (TPSA) is 33.4 Å². The molecular formula is C21H22Cl2N4O. The van der Waals surface area contributed by atoms with Crippen LogP contribution in [-0.4, -0.2) is 40.4 Å². The molecule has 1 fully saturated rings. The van der Waals surface area contributed by atoms with E-state index in [2.05, 4.69) is 15.9 Å². The van der Waals surface area contributed by atoms with Crippen LogP contribution >= 0.6 is 23.2 Å². The van der Waals surface area contributed by atoms with Gasteiger partial charge in [-0.15, -0.1) is 0 Å². The van der Waals surface area contributed by atoms with Crippen LogP contribution in [0.5, 0.6) is 0 Å². The van der Waals surface area contributed by atoms with Crippen molar-refractivity contribution in [3.63, 3.8) is 0 Å². The molecule has 0 bridgehead atoms. The van der Waals surface area contributed by atoms with Crippen molar-refractivity contribution in [3.05, 3.63) is 80.7 Å². The minimum Gasteiger partial charge on any atom is -0.369 e. The number of hydrogen-bond acceptors (Lipinski definition) is 3. The first kappa shape index (κ1) is 19.1. The Morgan fingerprint density at radius 3 is 2.25 bits per heavy atom. The lowest BCUT2D eigenvalue weighted by Crippen LogP contribution is -2.46. The quantitative estimate of drug-likeness (QED) is 0.648. The fourth-order valence-corrected chi connectivity index (χ4v) is 4.14. The lowest BCUT2D eigenvalue weighted by Gasteiger charge is -2.36. The van der Waals surface area contributed by atoms with Crippen LogP contribution < -0.4 is 10.5 Å². The number of rotatable bonds is 4. The zero-order valence-corrected chi connectivity index (χ0v) is 17.2. The Kier molecular flexibility index (Phi) is 5.49. The van der Waals surface area contributed by atoms with Gasteiger partial charge < -0.3 is 4.90 Å². The standard InChI is InChI=1S/C21H22Cl2N4O/c1-24-19(20(23)21(28)27(24)17-7-3-2-4-8-17)15-25-10-12-26(13-11-25)18-9-5-6-16(22)14-18/h2-9,14H,10-13,15H2,1H3. The van der Waals surface area contributed by atoms with Gasteiger partial charge in [-0.1, -0.05) is 47.5 Å². The molecule has 0 atom stereocenters.